The number of nitrogens with one attached hydrogen (secondary N) is 2. The summed E-state index contributed by atoms with van der Waals surface area (Å²) < 4.78 is 6.04. The third-order valence-corrected chi connectivity index (χ3v) is 3.98. The molecule has 23 heavy (non-hydrogen) atoms. The number of methoxy groups -OCH3 is 1. The van der Waals surface area contributed by atoms with Gasteiger partial charge in [0.2, 0.25) is 5.91 Å². The fraction of sp³-hybridized carbons (Fsp3) is 0.176. The summed E-state index contributed by atoms with van der Waals surface area (Å²) in [6.45, 7) is 1.78. The van der Waals surface area contributed by atoms with Gasteiger partial charge in [0.1, 0.15) is 5.75 Å². The highest BCUT2D eigenvalue weighted by Gasteiger charge is 2.10. The van der Waals surface area contributed by atoms with Gasteiger partial charge in [-0.15, -0.1) is 0 Å². The summed E-state index contributed by atoms with van der Waals surface area (Å²) in [6.07, 6.45) is 0.404. The molecule has 0 atom stereocenters. The lowest BCUT2D eigenvalue weighted by Crippen LogP contribution is -2.13. The second-order valence-corrected chi connectivity index (χ2v) is 5.95. The molecule has 2 aromatic carbocycles. The van der Waals surface area contributed by atoms with Gasteiger partial charge in [-0.3, -0.25) is 9.59 Å². The third kappa shape index (κ3) is 4.69. The Kier molecular flexibility index (Phi) is 5.97. The average molecular weight is 424 g/mol. The van der Waals surface area contributed by atoms with Gasteiger partial charge in [-0.2, -0.15) is 0 Å². The number of benzene rings is 2. The molecule has 0 radical (unpaired) electrons. The zero-order valence-corrected chi connectivity index (χ0v) is 15.0. The Morgan fingerprint density at radius 1 is 1.09 bits per heavy atom. The Labute approximate surface area is 148 Å². The molecule has 0 spiro atoms. The van der Waals surface area contributed by atoms with E-state index in [1.54, 1.807) is 56.5 Å². The molecule has 0 aliphatic rings. The topological polar surface area (TPSA) is 67.4 Å². The molecule has 0 saturated carbocycles. The van der Waals surface area contributed by atoms with Crippen LogP contribution in [-0.2, 0) is 4.79 Å². The van der Waals surface area contributed by atoms with Gasteiger partial charge in [0.05, 0.1) is 10.7 Å². The molecule has 2 rings (SSSR count). The summed E-state index contributed by atoms with van der Waals surface area (Å²) in [4.78, 5) is 23.7. The second kappa shape index (κ2) is 7.96. The predicted molar refractivity (Wildman–Crippen MR) is 99.0 cm³/mol. The highest BCUT2D eigenvalue weighted by atomic mass is 127. The molecule has 120 valence electrons. The van der Waals surface area contributed by atoms with Gasteiger partial charge in [0, 0.05) is 23.4 Å². The molecular weight excluding hydrogens is 407 g/mol. The number of hydrogen-bond acceptors (Lipinski definition) is 3. The normalized spacial score (nSPS) is 10.0. The minimum atomic E-state index is -0.218. The first-order chi connectivity index (χ1) is 11.0. The van der Waals surface area contributed by atoms with Crippen LogP contribution >= 0.6 is 22.6 Å². The van der Waals surface area contributed by atoms with E-state index in [1.165, 1.54) is 0 Å². The van der Waals surface area contributed by atoms with Crippen LogP contribution in [-0.4, -0.2) is 18.9 Å². The largest absolute Gasteiger partial charge is 0.496 e. The van der Waals surface area contributed by atoms with E-state index >= 15 is 0 Å². The third-order valence-electron chi connectivity index (χ3n) is 3.14. The molecule has 0 aromatic heterocycles. The van der Waals surface area contributed by atoms with Crippen molar-refractivity contribution in [3.05, 3.63) is 51.6 Å². The fourth-order valence-electron chi connectivity index (χ4n) is 1.93. The van der Waals surface area contributed by atoms with Crippen molar-refractivity contribution in [1.29, 1.82) is 0 Å². The van der Waals surface area contributed by atoms with Crippen LogP contribution in [0, 0.1) is 3.57 Å². The SMILES string of the molecule is CCC(=O)Nc1cccc(NC(=O)c2ccc(OC)c(I)c2)c1. The Balaban J connectivity index is 2.12. The number of hydrogen-bond donors (Lipinski definition) is 2. The number of amides is 2. The van der Waals surface area contributed by atoms with Gasteiger partial charge in [-0.1, -0.05) is 13.0 Å². The van der Waals surface area contributed by atoms with E-state index in [0.29, 0.717) is 23.4 Å². The lowest BCUT2D eigenvalue weighted by molar-refractivity contribution is -0.115. The first kappa shape index (κ1) is 17.3. The lowest BCUT2D eigenvalue weighted by atomic mass is 10.2. The number of carbonyl (C=O) groups excluding carboxylic acids is 2. The van der Waals surface area contributed by atoms with Crippen LogP contribution in [0.2, 0.25) is 0 Å². The maximum atomic E-state index is 12.3. The van der Waals surface area contributed by atoms with Crippen molar-refractivity contribution in [3.63, 3.8) is 0 Å². The van der Waals surface area contributed by atoms with E-state index < -0.39 is 0 Å². The minimum absolute atomic E-state index is 0.0711. The van der Waals surface area contributed by atoms with Crippen molar-refractivity contribution in [1.82, 2.24) is 0 Å². The first-order valence-electron chi connectivity index (χ1n) is 7.08. The molecule has 0 aliphatic carbocycles. The van der Waals surface area contributed by atoms with E-state index in [4.69, 9.17) is 4.74 Å². The molecule has 0 aliphatic heterocycles. The minimum Gasteiger partial charge on any atom is -0.496 e. The number of carbonyl (C=O) groups is 2. The molecule has 0 bridgehead atoms. The van der Waals surface area contributed by atoms with E-state index in [-0.39, 0.29) is 11.8 Å². The standard InChI is InChI=1S/C17H17IN2O3/c1-3-16(21)19-12-5-4-6-13(10-12)20-17(22)11-7-8-15(23-2)14(18)9-11/h4-10H,3H2,1-2H3,(H,19,21)(H,20,22). The van der Waals surface area contributed by atoms with Crippen LogP contribution in [0.15, 0.2) is 42.5 Å². The molecule has 2 amide bonds. The van der Waals surface area contributed by atoms with Gasteiger partial charge >= 0.3 is 0 Å². The number of halogens is 1. The van der Waals surface area contributed by atoms with Crippen molar-refractivity contribution in [3.8, 4) is 5.75 Å². The maximum Gasteiger partial charge on any atom is 0.255 e. The highest BCUT2D eigenvalue weighted by molar-refractivity contribution is 14.1. The van der Waals surface area contributed by atoms with Crippen molar-refractivity contribution in [2.45, 2.75) is 13.3 Å². The Hall–Kier alpha value is -2.09. The summed E-state index contributed by atoms with van der Waals surface area (Å²) in [5.41, 5.74) is 1.81. The van der Waals surface area contributed by atoms with E-state index in [0.717, 1.165) is 9.32 Å². The average Bonchev–Trinajstić information content (AvgIpc) is 2.54. The van der Waals surface area contributed by atoms with Crippen LogP contribution in [0.4, 0.5) is 11.4 Å². The van der Waals surface area contributed by atoms with E-state index in [9.17, 15) is 9.59 Å². The summed E-state index contributed by atoms with van der Waals surface area (Å²) in [7, 11) is 1.59. The number of rotatable bonds is 5. The predicted octanol–water partition coefficient (Wildman–Crippen LogP) is 3.90. The van der Waals surface area contributed by atoms with Gasteiger partial charge in [-0.25, -0.2) is 0 Å². The quantitative estimate of drug-likeness (QED) is 0.716. The van der Waals surface area contributed by atoms with Crippen LogP contribution in [0.5, 0.6) is 5.75 Å². The van der Waals surface area contributed by atoms with Gasteiger partial charge in [0.15, 0.2) is 0 Å². The molecular formula is C17H17IN2O3. The van der Waals surface area contributed by atoms with Crippen molar-refractivity contribution >= 4 is 45.8 Å². The van der Waals surface area contributed by atoms with E-state index in [1.807, 2.05) is 0 Å². The van der Waals surface area contributed by atoms with Crippen molar-refractivity contribution in [2.24, 2.45) is 0 Å². The molecule has 0 saturated heterocycles. The second-order valence-electron chi connectivity index (χ2n) is 4.79. The molecule has 0 unspecified atom stereocenters. The maximum absolute atomic E-state index is 12.3. The van der Waals surface area contributed by atoms with Crippen LogP contribution in [0.25, 0.3) is 0 Å². The summed E-state index contributed by atoms with van der Waals surface area (Å²) >= 11 is 2.12. The molecule has 0 heterocycles. The fourth-order valence-corrected chi connectivity index (χ4v) is 2.67. The summed E-state index contributed by atoms with van der Waals surface area (Å²) in [6, 6.07) is 12.3. The lowest BCUT2D eigenvalue weighted by Gasteiger charge is -2.09. The van der Waals surface area contributed by atoms with Gasteiger partial charge in [0.25, 0.3) is 5.91 Å². The zero-order valence-electron chi connectivity index (χ0n) is 12.9. The molecule has 0 fully saturated rings. The van der Waals surface area contributed by atoms with Crippen molar-refractivity contribution < 1.29 is 14.3 Å². The van der Waals surface area contributed by atoms with Gasteiger partial charge in [-0.05, 0) is 59.0 Å². The highest BCUT2D eigenvalue weighted by Crippen LogP contribution is 2.22. The molecule has 2 N–H and O–H groups in total. The van der Waals surface area contributed by atoms with E-state index in [2.05, 4.69) is 33.2 Å². The monoisotopic (exact) mass is 424 g/mol. The number of ether oxygens (including phenoxy) is 1. The Morgan fingerprint density at radius 2 is 1.78 bits per heavy atom. The Morgan fingerprint density at radius 3 is 2.39 bits per heavy atom. The first-order valence-corrected chi connectivity index (χ1v) is 8.16. The number of anilines is 2. The van der Waals surface area contributed by atoms with Crippen LogP contribution < -0.4 is 15.4 Å². The summed E-state index contributed by atoms with van der Waals surface area (Å²) in [5.74, 6) is 0.439. The zero-order chi connectivity index (χ0) is 16.8. The molecule has 5 nitrogen and oxygen atoms in total. The molecule has 2 aromatic rings. The summed E-state index contributed by atoms with van der Waals surface area (Å²) in [5, 5.41) is 5.58. The van der Waals surface area contributed by atoms with Gasteiger partial charge < -0.3 is 15.4 Å². The van der Waals surface area contributed by atoms with Crippen LogP contribution in [0.1, 0.15) is 23.7 Å². The smallest absolute Gasteiger partial charge is 0.255 e. The molecule has 6 heteroatoms. The van der Waals surface area contributed by atoms with Crippen molar-refractivity contribution in [2.75, 3.05) is 17.7 Å². The van der Waals surface area contributed by atoms with Crippen LogP contribution in [0.3, 0.4) is 0 Å². The Bertz CT molecular complexity index is 732.